The minimum Gasteiger partial charge on any atom is -0.473 e. The van der Waals surface area contributed by atoms with Gasteiger partial charge in [-0.05, 0) is 36.4 Å². The molecule has 124 valence electrons. The molecule has 6 heteroatoms. The molecule has 0 aromatic heterocycles. The molecule has 4 nitrogen and oxygen atoms in total. The van der Waals surface area contributed by atoms with Crippen LogP contribution in [0.1, 0.15) is 11.1 Å². The number of hydrogen-bond donors (Lipinski definition) is 0. The summed E-state index contributed by atoms with van der Waals surface area (Å²) in [5.74, 6) is 1.79. The van der Waals surface area contributed by atoms with Crippen LogP contribution in [0, 0.1) is 0 Å². The van der Waals surface area contributed by atoms with Gasteiger partial charge in [0.25, 0.3) is 0 Å². The molecular weight excluding hydrogens is 347 g/mol. The Labute approximate surface area is 150 Å². The van der Waals surface area contributed by atoms with Gasteiger partial charge in [0.1, 0.15) is 11.5 Å². The third-order valence-electron chi connectivity index (χ3n) is 4.05. The molecule has 0 spiro atoms. The molecule has 24 heavy (non-hydrogen) atoms. The van der Waals surface area contributed by atoms with Crippen LogP contribution in [0.3, 0.4) is 0 Å². The fourth-order valence-electron chi connectivity index (χ4n) is 2.84. The second-order valence-electron chi connectivity index (χ2n) is 5.84. The van der Waals surface area contributed by atoms with Gasteiger partial charge >= 0.3 is 0 Å². The first kappa shape index (κ1) is 15.5. The second-order valence-corrected chi connectivity index (χ2v) is 6.72. The van der Waals surface area contributed by atoms with Crippen LogP contribution in [0.25, 0.3) is 0 Å². The van der Waals surface area contributed by atoms with Crippen LogP contribution in [0.2, 0.25) is 10.0 Å². The second kappa shape index (κ2) is 6.46. The predicted molar refractivity (Wildman–Crippen MR) is 94.1 cm³/mol. The highest BCUT2D eigenvalue weighted by Gasteiger charge is 2.17. The number of nitrogens with zero attached hydrogens (tertiary/aromatic N) is 2. The summed E-state index contributed by atoms with van der Waals surface area (Å²) in [7, 11) is 0. The Bertz CT molecular complexity index is 729. The van der Waals surface area contributed by atoms with Crippen LogP contribution in [-0.4, -0.2) is 23.3 Å². The van der Waals surface area contributed by atoms with E-state index in [1.807, 2.05) is 48.8 Å². The molecule has 2 aromatic rings. The molecule has 0 fully saturated rings. The molecule has 4 rings (SSSR count). The first-order chi connectivity index (χ1) is 11.7. The van der Waals surface area contributed by atoms with Crippen molar-refractivity contribution >= 4 is 23.2 Å². The zero-order valence-corrected chi connectivity index (χ0v) is 14.4. The van der Waals surface area contributed by atoms with Crippen molar-refractivity contribution in [1.82, 2.24) is 9.80 Å². The lowest BCUT2D eigenvalue weighted by Crippen LogP contribution is -2.30. The number of hydrogen-bond acceptors (Lipinski definition) is 4. The highest BCUT2D eigenvalue weighted by molar-refractivity contribution is 6.31. The lowest BCUT2D eigenvalue weighted by atomic mass is 10.1. The van der Waals surface area contributed by atoms with Crippen LogP contribution < -0.4 is 9.47 Å². The maximum Gasteiger partial charge on any atom is 0.161 e. The van der Waals surface area contributed by atoms with Crippen molar-refractivity contribution in [1.29, 1.82) is 0 Å². The minimum atomic E-state index is 0.516. The number of benzene rings is 2. The summed E-state index contributed by atoms with van der Waals surface area (Å²) in [6.07, 6.45) is 4.03. The topological polar surface area (TPSA) is 24.9 Å². The molecule has 0 atom stereocenters. The first-order valence-electron chi connectivity index (χ1n) is 7.66. The van der Waals surface area contributed by atoms with E-state index >= 15 is 0 Å². The standard InChI is InChI=1S/C18H16Cl2N2O2/c19-15-1-3-17-13(7-15)9-21(11-23-17)5-6-22-10-14-8-16(20)2-4-18(14)24-12-22/h1-8H,9-12H2. The molecule has 0 radical (unpaired) electrons. The molecule has 0 bridgehead atoms. The van der Waals surface area contributed by atoms with E-state index in [1.54, 1.807) is 0 Å². The lowest BCUT2D eigenvalue weighted by Gasteiger charge is -2.31. The predicted octanol–water partition coefficient (Wildman–Crippen LogP) is 4.47. The third-order valence-corrected chi connectivity index (χ3v) is 4.52. The molecule has 0 amide bonds. The summed E-state index contributed by atoms with van der Waals surface area (Å²) < 4.78 is 11.5. The summed E-state index contributed by atoms with van der Waals surface area (Å²) in [6.45, 7) is 2.57. The van der Waals surface area contributed by atoms with E-state index in [9.17, 15) is 0 Å². The fourth-order valence-corrected chi connectivity index (χ4v) is 3.23. The quantitative estimate of drug-likeness (QED) is 0.786. The summed E-state index contributed by atoms with van der Waals surface area (Å²) in [4.78, 5) is 4.18. The maximum atomic E-state index is 6.06. The molecule has 0 N–H and O–H groups in total. The molecule has 2 aliphatic heterocycles. The van der Waals surface area contributed by atoms with E-state index in [1.165, 1.54) is 0 Å². The number of fused-ring (bicyclic) bond motifs is 2. The van der Waals surface area contributed by atoms with Crippen molar-refractivity contribution in [2.75, 3.05) is 13.5 Å². The average Bonchev–Trinajstić information content (AvgIpc) is 2.59. The summed E-state index contributed by atoms with van der Waals surface area (Å²) in [6, 6.07) is 11.4. The monoisotopic (exact) mass is 362 g/mol. The highest BCUT2D eigenvalue weighted by Crippen LogP contribution is 2.29. The van der Waals surface area contributed by atoms with Gasteiger partial charge in [0.2, 0.25) is 0 Å². The lowest BCUT2D eigenvalue weighted by molar-refractivity contribution is 0.123. The average molecular weight is 363 g/mol. The van der Waals surface area contributed by atoms with Crippen LogP contribution in [0.15, 0.2) is 48.8 Å². The van der Waals surface area contributed by atoms with Gasteiger partial charge in [-0.2, -0.15) is 0 Å². The first-order valence-corrected chi connectivity index (χ1v) is 8.42. The van der Waals surface area contributed by atoms with E-state index in [-0.39, 0.29) is 0 Å². The van der Waals surface area contributed by atoms with Gasteiger partial charge in [-0.1, -0.05) is 23.2 Å². The van der Waals surface area contributed by atoms with Gasteiger partial charge in [-0.15, -0.1) is 0 Å². The Morgan fingerprint density at radius 2 is 1.21 bits per heavy atom. The molecule has 0 saturated carbocycles. The molecule has 2 aromatic carbocycles. The number of rotatable bonds is 2. The van der Waals surface area contributed by atoms with Crippen LogP contribution in [0.4, 0.5) is 0 Å². The summed E-state index contributed by atoms with van der Waals surface area (Å²) in [5, 5.41) is 1.45. The molecular formula is C18H16Cl2N2O2. The number of halogens is 2. The van der Waals surface area contributed by atoms with Crippen molar-refractivity contribution in [2.24, 2.45) is 0 Å². The SMILES string of the molecule is Clc1ccc2c(c1)CN(C=CN1COc3ccc(Cl)cc3C1)CO2. The Kier molecular flexibility index (Phi) is 4.17. The van der Waals surface area contributed by atoms with Crippen molar-refractivity contribution in [3.8, 4) is 11.5 Å². The molecule has 2 heterocycles. The third kappa shape index (κ3) is 3.25. The van der Waals surface area contributed by atoms with Gasteiger partial charge in [0, 0.05) is 46.7 Å². The Morgan fingerprint density at radius 3 is 1.67 bits per heavy atom. The normalized spacial score (nSPS) is 16.4. The van der Waals surface area contributed by atoms with Crippen LogP contribution >= 0.6 is 23.2 Å². The smallest absolute Gasteiger partial charge is 0.161 e. The largest absolute Gasteiger partial charge is 0.473 e. The Hall–Kier alpha value is -2.04. The van der Waals surface area contributed by atoms with Gasteiger partial charge in [-0.25, -0.2) is 0 Å². The van der Waals surface area contributed by atoms with Crippen molar-refractivity contribution < 1.29 is 9.47 Å². The molecule has 0 saturated heterocycles. The van der Waals surface area contributed by atoms with Crippen molar-refractivity contribution in [3.63, 3.8) is 0 Å². The maximum absolute atomic E-state index is 6.06. The van der Waals surface area contributed by atoms with Crippen LogP contribution in [-0.2, 0) is 13.1 Å². The minimum absolute atomic E-state index is 0.516. The van der Waals surface area contributed by atoms with Gasteiger partial charge < -0.3 is 19.3 Å². The van der Waals surface area contributed by atoms with Crippen molar-refractivity contribution in [2.45, 2.75) is 13.1 Å². The van der Waals surface area contributed by atoms with E-state index in [4.69, 9.17) is 32.7 Å². The zero-order valence-electron chi connectivity index (χ0n) is 12.9. The summed E-state index contributed by atoms with van der Waals surface area (Å²) in [5.41, 5.74) is 2.18. The van der Waals surface area contributed by atoms with Crippen LogP contribution in [0.5, 0.6) is 11.5 Å². The Morgan fingerprint density at radius 1 is 0.750 bits per heavy atom. The van der Waals surface area contributed by atoms with Gasteiger partial charge in [-0.3, -0.25) is 0 Å². The Balaban J connectivity index is 1.43. The van der Waals surface area contributed by atoms with E-state index < -0.39 is 0 Å². The summed E-state index contributed by atoms with van der Waals surface area (Å²) >= 11 is 12.1. The van der Waals surface area contributed by atoms with E-state index in [2.05, 4.69) is 9.80 Å². The van der Waals surface area contributed by atoms with Crippen molar-refractivity contribution in [3.05, 3.63) is 70.0 Å². The number of ether oxygens (including phenoxy) is 2. The van der Waals surface area contributed by atoms with Gasteiger partial charge in [0.15, 0.2) is 13.5 Å². The van der Waals surface area contributed by atoms with Gasteiger partial charge in [0.05, 0.1) is 0 Å². The molecule has 0 aliphatic carbocycles. The van der Waals surface area contributed by atoms with E-state index in [0.717, 1.165) is 45.8 Å². The van der Waals surface area contributed by atoms with E-state index in [0.29, 0.717) is 13.5 Å². The molecule has 2 aliphatic rings. The highest BCUT2D eigenvalue weighted by atomic mass is 35.5. The zero-order chi connectivity index (χ0) is 16.5. The fraction of sp³-hybridized carbons (Fsp3) is 0.222. The molecule has 0 unspecified atom stereocenters.